The van der Waals surface area contributed by atoms with Gasteiger partial charge in [0, 0.05) is 6.54 Å². The third-order valence-corrected chi connectivity index (χ3v) is 4.33. The van der Waals surface area contributed by atoms with E-state index in [0.29, 0.717) is 6.42 Å². The monoisotopic (exact) mass is 296 g/mol. The van der Waals surface area contributed by atoms with E-state index in [1.165, 1.54) is 25.7 Å². The first kappa shape index (κ1) is 18.0. The van der Waals surface area contributed by atoms with Crippen LogP contribution in [0.3, 0.4) is 0 Å². The van der Waals surface area contributed by atoms with Crippen molar-refractivity contribution in [2.24, 2.45) is 5.92 Å². The van der Waals surface area contributed by atoms with Crippen LogP contribution >= 0.6 is 0 Å². The average molecular weight is 296 g/mol. The van der Waals surface area contributed by atoms with Gasteiger partial charge >= 0.3 is 0 Å². The normalized spacial score (nSPS) is 22.8. The van der Waals surface area contributed by atoms with Gasteiger partial charge in [-0.1, -0.05) is 59.8 Å². The molecule has 2 amide bonds. The minimum Gasteiger partial charge on any atom is -0.342 e. The smallest absolute Gasteiger partial charge is 0.246 e. The zero-order valence-electron chi connectivity index (χ0n) is 14.2. The fourth-order valence-corrected chi connectivity index (χ4v) is 2.97. The molecule has 1 aliphatic heterocycles. The summed E-state index contributed by atoms with van der Waals surface area (Å²) in [4.78, 5) is 26.5. The van der Waals surface area contributed by atoms with E-state index in [1.54, 1.807) is 0 Å². The number of hydrogen-bond acceptors (Lipinski definition) is 2. The molecule has 0 aromatic rings. The van der Waals surface area contributed by atoms with Gasteiger partial charge in [-0.25, -0.2) is 0 Å². The fourth-order valence-electron chi connectivity index (χ4n) is 2.97. The summed E-state index contributed by atoms with van der Waals surface area (Å²) in [5.41, 5.74) is 0. The summed E-state index contributed by atoms with van der Waals surface area (Å²) in [5, 5.41) is 2.88. The maximum absolute atomic E-state index is 12.6. The number of hydrogen-bond donors (Lipinski definition) is 1. The minimum atomic E-state index is -0.347. The molecular weight excluding hydrogens is 264 g/mol. The van der Waals surface area contributed by atoms with Crippen molar-refractivity contribution in [1.29, 1.82) is 0 Å². The van der Waals surface area contributed by atoms with Gasteiger partial charge in [0.25, 0.3) is 0 Å². The van der Waals surface area contributed by atoms with Gasteiger partial charge in [0.05, 0.1) is 0 Å². The quantitative estimate of drug-likeness (QED) is 0.665. The average Bonchev–Trinajstić information content (AvgIpc) is 2.45. The Balaban J connectivity index is 2.53. The lowest BCUT2D eigenvalue weighted by Crippen LogP contribution is -2.64. The molecule has 0 aliphatic carbocycles. The number of rotatable bonds is 9. The second-order valence-corrected chi connectivity index (χ2v) is 6.45. The zero-order chi connectivity index (χ0) is 15.8. The van der Waals surface area contributed by atoms with Crippen LogP contribution in [0.4, 0.5) is 0 Å². The molecule has 2 unspecified atom stereocenters. The molecule has 4 nitrogen and oxygen atoms in total. The highest BCUT2D eigenvalue weighted by Crippen LogP contribution is 2.18. The molecule has 0 aromatic carbocycles. The van der Waals surface area contributed by atoms with E-state index in [2.05, 4.69) is 12.2 Å². The molecule has 4 heteroatoms. The molecule has 0 bridgehead atoms. The Morgan fingerprint density at radius 2 is 1.67 bits per heavy atom. The van der Waals surface area contributed by atoms with Crippen LogP contribution in [0.1, 0.15) is 72.6 Å². The van der Waals surface area contributed by atoms with Crippen LogP contribution in [-0.2, 0) is 9.59 Å². The van der Waals surface area contributed by atoms with Gasteiger partial charge < -0.3 is 10.2 Å². The summed E-state index contributed by atoms with van der Waals surface area (Å²) < 4.78 is 0. The first-order chi connectivity index (χ1) is 10.0. The summed E-state index contributed by atoms with van der Waals surface area (Å²) in [6, 6.07) is -0.622. The highest BCUT2D eigenvalue weighted by Gasteiger charge is 2.40. The summed E-state index contributed by atoms with van der Waals surface area (Å²) >= 11 is 0. The van der Waals surface area contributed by atoms with Gasteiger partial charge in [-0.15, -0.1) is 0 Å². The third-order valence-electron chi connectivity index (χ3n) is 4.33. The van der Waals surface area contributed by atoms with Crippen LogP contribution in [0.25, 0.3) is 0 Å². The van der Waals surface area contributed by atoms with Gasteiger partial charge in [-0.2, -0.15) is 0 Å². The topological polar surface area (TPSA) is 49.4 Å². The zero-order valence-corrected chi connectivity index (χ0v) is 14.2. The number of unbranched alkanes of at least 4 members (excludes halogenated alkanes) is 5. The predicted molar refractivity (Wildman–Crippen MR) is 85.9 cm³/mol. The van der Waals surface area contributed by atoms with Crippen molar-refractivity contribution >= 4 is 11.8 Å². The lowest BCUT2D eigenvalue weighted by molar-refractivity contribution is -0.150. The van der Waals surface area contributed by atoms with E-state index < -0.39 is 0 Å². The molecule has 1 fully saturated rings. The summed E-state index contributed by atoms with van der Waals surface area (Å²) in [7, 11) is 0. The highest BCUT2D eigenvalue weighted by molar-refractivity contribution is 5.97. The molecule has 1 saturated heterocycles. The Hall–Kier alpha value is -1.06. The Kier molecular flexibility index (Phi) is 7.76. The van der Waals surface area contributed by atoms with E-state index in [1.807, 2.05) is 25.7 Å². The van der Waals surface area contributed by atoms with Crippen molar-refractivity contribution in [3.63, 3.8) is 0 Å². The van der Waals surface area contributed by atoms with Crippen molar-refractivity contribution < 1.29 is 9.59 Å². The van der Waals surface area contributed by atoms with Crippen molar-refractivity contribution in [1.82, 2.24) is 10.2 Å². The van der Waals surface area contributed by atoms with E-state index >= 15 is 0 Å². The summed E-state index contributed by atoms with van der Waals surface area (Å²) in [6.07, 6.45) is 7.89. The molecule has 21 heavy (non-hydrogen) atoms. The molecule has 122 valence electrons. The van der Waals surface area contributed by atoms with Gasteiger partial charge in [0.2, 0.25) is 11.8 Å². The Labute approximate surface area is 129 Å². The second-order valence-electron chi connectivity index (χ2n) is 6.45. The molecule has 0 saturated carbocycles. The molecule has 1 N–H and O–H groups in total. The maximum atomic E-state index is 12.6. The molecule has 1 rings (SSSR count). The van der Waals surface area contributed by atoms with Crippen molar-refractivity contribution in [3.05, 3.63) is 0 Å². The predicted octanol–water partition coefficient (Wildman–Crippen LogP) is 3.11. The highest BCUT2D eigenvalue weighted by atomic mass is 16.2. The second kappa shape index (κ2) is 9.06. The first-order valence-corrected chi connectivity index (χ1v) is 8.63. The summed E-state index contributed by atoms with van der Waals surface area (Å²) in [5.74, 6) is 0.262. The van der Waals surface area contributed by atoms with E-state index in [0.717, 1.165) is 19.4 Å². The molecule has 2 atom stereocenters. The lowest BCUT2D eigenvalue weighted by atomic mass is 9.96. The van der Waals surface area contributed by atoms with Crippen molar-refractivity contribution in [2.75, 3.05) is 6.54 Å². The maximum Gasteiger partial charge on any atom is 0.246 e. The van der Waals surface area contributed by atoms with Crippen LogP contribution in [-0.4, -0.2) is 35.3 Å². The fraction of sp³-hybridized carbons (Fsp3) is 0.882. The minimum absolute atomic E-state index is 0.0155. The molecule has 1 heterocycles. The van der Waals surface area contributed by atoms with Gasteiger partial charge in [0.1, 0.15) is 12.1 Å². The number of amides is 2. The number of nitrogens with one attached hydrogen (secondary N) is 1. The van der Waals surface area contributed by atoms with Gasteiger partial charge in [-0.05, 0) is 18.8 Å². The van der Waals surface area contributed by atoms with E-state index in [4.69, 9.17) is 0 Å². The molecule has 0 aromatic heterocycles. The van der Waals surface area contributed by atoms with E-state index in [9.17, 15) is 9.59 Å². The molecule has 0 spiro atoms. The molecule has 0 radical (unpaired) electrons. The number of carbonyl (C=O) groups is 2. The van der Waals surface area contributed by atoms with Crippen molar-refractivity contribution in [2.45, 2.75) is 84.7 Å². The standard InChI is InChI=1S/C17H32N2O2/c1-5-7-8-9-10-11-12-19-14(6-2)16(20)18-15(13(3)4)17(19)21/h13-15H,5-12H2,1-4H3,(H,18,20). The van der Waals surface area contributed by atoms with Crippen molar-refractivity contribution in [3.8, 4) is 0 Å². The van der Waals surface area contributed by atoms with Crippen LogP contribution in [0.5, 0.6) is 0 Å². The lowest BCUT2D eigenvalue weighted by Gasteiger charge is -2.40. The number of nitrogens with zero attached hydrogens (tertiary/aromatic N) is 1. The third kappa shape index (κ3) is 5.01. The number of piperazine rings is 1. The Morgan fingerprint density at radius 3 is 2.24 bits per heavy atom. The van der Waals surface area contributed by atoms with Crippen LogP contribution in [0.15, 0.2) is 0 Å². The van der Waals surface area contributed by atoms with Crippen LogP contribution in [0.2, 0.25) is 0 Å². The first-order valence-electron chi connectivity index (χ1n) is 8.63. The summed E-state index contributed by atoms with van der Waals surface area (Å²) in [6.45, 7) is 8.88. The largest absolute Gasteiger partial charge is 0.342 e. The number of carbonyl (C=O) groups excluding carboxylic acids is 2. The van der Waals surface area contributed by atoms with Crippen LogP contribution < -0.4 is 5.32 Å². The Morgan fingerprint density at radius 1 is 1.05 bits per heavy atom. The molecular formula is C17H32N2O2. The van der Waals surface area contributed by atoms with Gasteiger partial charge in [-0.3, -0.25) is 9.59 Å². The Bertz CT molecular complexity index is 342. The van der Waals surface area contributed by atoms with Gasteiger partial charge in [0.15, 0.2) is 0 Å². The van der Waals surface area contributed by atoms with Crippen LogP contribution in [0, 0.1) is 5.92 Å². The SMILES string of the molecule is CCCCCCCCN1C(=O)C(C(C)C)NC(=O)C1CC. The molecule has 1 aliphatic rings. The van der Waals surface area contributed by atoms with E-state index in [-0.39, 0.29) is 29.8 Å².